The van der Waals surface area contributed by atoms with Crippen LogP contribution >= 0.6 is 0 Å². The molecule has 0 aliphatic rings. The maximum atomic E-state index is 2.44. The van der Waals surface area contributed by atoms with E-state index in [-0.39, 0.29) is 0 Å². The van der Waals surface area contributed by atoms with Gasteiger partial charge in [0.05, 0.1) is 66.2 Å². The topological polar surface area (TPSA) is 29.6 Å². The summed E-state index contributed by atoms with van der Waals surface area (Å²) in [5, 5.41) is 22.9. The van der Waals surface area contributed by atoms with Crippen LogP contribution in [-0.4, -0.2) is 27.4 Å². The molecular formula is C132H86N6. The minimum Gasteiger partial charge on any atom is -0.309 e. The minimum atomic E-state index is 1.17. The molecule has 6 aromatic heterocycles. The lowest BCUT2D eigenvalue weighted by molar-refractivity contribution is 1.18. The Bertz CT molecular complexity index is 9670. The van der Waals surface area contributed by atoms with Crippen molar-refractivity contribution in [2.45, 2.75) is 0 Å². The highest BCUT2D eigenvalue weighted by Gasteiger charge is 2.23. The molecule has 0 aliphatic heterocycles. The lowest BCUT2D eigenvalue weighted by atomic mass is 9.94. The molecule has 6 nitrogen and oxygen atoms in total. The fraction of sp³-hybridized carbons (Fsp3) is 0. The fourth-order valence-corrected chi connectivity index (χ4v) is 22.2. The molecule has 138 heavy (non-hydrogen) atoms. The van der Waals surface area contributed by atoms with Crippen molar-refractivity contribution >= 4 is 163 Å². The monoisotopic (exact) mass is 1750 g/mol. The first-order chi connectivity index (χ1) is 68.5. The Labute approximate surface area is 796 Å². The molecule has 0 amide bonds. The summed E-state index contributed by atoms with van der Waals surface area (Å²) in [5.74, 6) is 0. The Hall–Kier alpha value is -18.4. The first-order valence-corrected chi connectivity index (χ1v) is 47.5. The predicted octanol–water partition coefficient (Wildman–Crippen LogP) is 35.4. The summed E-state index contributed by atoms with van der Waals surface area (Å²) >= 11 is 0. The maximum Gasteiger partial charge on any atom is 0.0547 e. The number of benzene rings is 23. The molecule has 29 rings (SSSR count). The molecule has 0 atom stereocenters. The molecule has 6 heterocycles. The number of aromatic nitrogens is 6. The first kappa shape index (κ1) is 79.4. The smallest absolute Gasteiger partial charge is 0.0547 e. The van der Waals surface area contributed by atoms with E-state index in [0.717, 1.165) is 0 Å². The maximum absolute atomic E-state index is 2.44. The van der Waals surface area contributed by atoms with Gasteiger partial charge in [-0.05, 0) is 270 Å². The average Bonchev–Trinajstić information content (AvgIpc) is 1.49. The molecule has 0 aliphatic carbocycles. The van der Waals surface area contributed by atoms with Gasteiger partial charge < -0.3 is 27.4 Å². The van der Waals surface area contributed by atoms with Crippen LogP contribution in [0.3, 0.4) is 0 Å². The Balaban J connectivity index is 0.000000105. The van der Waals surface area contributed by atoms with E-state index < -0.39 is 0 Å². The van der Waals surface area contributed by atoms with Crippen molar-refractivity contribution in [3.63, 3.8) is 0 Å². The van der Waals surface area contributed by atoms with Crippen LogP contribution in [0.15, 0.2) is 522 Å². The molecule has 0 saturated carbocycles. The van der Waals surface area contributed by atoms with Gasteiger partial charge in [-0.1, -0.05) is 340 Å². The van der Waals surface area contributed by atoms with Gasteiger partial charge in [0.25, 0.3) is 0 Å². The second kappa shape index (κ2) is 32.8. The van der Waals surface area contributed by atoms with Gasteiger partial charge in [0, 0.05) is 98.8 Å². The van der Waals surface area contributed by atoms with Gasteiger partial charge in [0.2, 0.25) is 0 Å². The van der Waals surface area contributed by atoms with Gasteiger partial charge in [-0.3, -0.25) is 0 Å². The van der Waals surface area contributed by atoms with Gasteiger partial charge in [0.15, 0.2) is 0 Å². The van der Waals surface area contributed by atoms with Gasteiger partial charge in [0.1, 0.15) is 0 Å². The van der Waals surface area contributed by atoms with Crippen molar-refractivity contribution in [1.82, 2.24) is 27.4 Å². The largest absolute Gasteiger partial charge is 0.309 e. The first-order valence-electron chi connectivity index (χ1n) is 47.5. The van der Waals surface area contributed by atoms with Crippen LogP contribution in [0, 0.1) is 0 Å². The van der Waals surface area contributed by atoms with E-state index in [9.17, 15) is 0 Å². The van der Waals surface area contributed by atoms with Crippen LogP contribution < -0.4 is 0 Å². The zero-order chi connectivity index (χ0) is 90.8. The van der Waals surface area contributed by atoms with Crippen molar-refractivity contribution in [3.8, 4) is 89.8 Å². The molecule has 0 spiro atoms. The van der Waals surface area contributed by atoms with Crippen LogP contribution in [0.2, 0.25) is 0 Å². The lowest BCUT2D eigenvalue weighted by Crippen LogP contribution is -1.94. The number of hydrogen-bond donors (Lipinski definition) is 0. The second-order valence-electron chi connectivity index (χ2n) is 36.2. The minimum absolute atomic E-state index is 1.17. The molecule has 0 unspecified atom stereocenters. The molecule has 23 aromatic carbocycles. The second-order valence-corrected chi connectivity index (χ2v) is 36.2. The van der Waals surface area contributed by atoms with E-state index in [1.165, 1.54) is 253 Å². The van der Waals surface area contributed by atoms with E-state index in [1.54, 1.807) is 0 Å². The number of hydrogen-bond acceptors (Lipinski definition) is 0. The van der Waals surface area contributed by atoms with E-state index in [4.69, 9.17) is 0 Å². The molecule has 6 heteroatoms. The highest BCUT2D eigenvalue weighted by Crippen LogP contribution is 2.46. The molecule has 0 radical (unpaired) electrons. The third kappa shape index (κ3) is 13.2. The van der Waals surface area contributed by atoms with Crippen molar-refractivity contribution in [2.75, 3.05) is 0 Å². The molecule has 644 valence electrons. The van der Waals surface area contributed by atoms with Gasteiger partial charge in [-0.25, -0.2) is 0 Å². The third-order valence-electron chi connectivity index (χ3n) is 28.5. The quantitative estimate of drug-likeness (QED) is 0.116. The molecule has 29 aromatic rings. The Morgan fingerprint density at radius 2 is 0.268 bits per heavy atom. The van der Waals surface area contributed by atoms with Crippen molar-refractivity contribution in [2.24, 2.45) is 0 Å². The molecule has 0 saturated heterocycles. The van der Waals surface area contributed by atoms with Crippen LogP contribution in [0.4, 0.5) is 0 Å². The zero-order valence-electron chi connectivity index (χ0n) is 75.3. The summed E-state index contributed by atoms with van der Waals surface area (Å²) in [6, 6.07) is 190. The zero-order valence-corrected chi connectivity index (χ0v) is 75.3. The third-order valence-corrected chi connectivity index (χ3v) is 28.5. The Morgan fingerprint density at radius 1 is 0.0797 bits per heavy atom. The van der Waals surface area contributed by atoms with Crippen LogP contribution in [0.5, 0.6) is 0 Å². The molecular weight excluding hydrogens is 1670 g/mol. The summed E-state index contributed by atoms with van der Waals surface area (Å²) in [5.41, 5.74) is 33.9. The highest BCUT2D eigenvalue weighted by molar-refractivity contribution is 6.26. The van der Waals surface area contributed by atoms with Crippen LogP contribution in [0.1, 0.15) is 0 Å². The average molecular weight is 1760 g/mol. The van der Waals surface area contributed by atoms with Crippen molar-refractivity contribution in [1.29, 1.82) is 0 Å². The van der Waals surface area contributed by atoms with Crippen molar-refractivity contribution in [3.05, 3.63) is 522 Å². The van der Waals surface area contributed by atoms with Crippen LogP contribution in [0.25, 0.3) is 253 Å². The van der Waals surface area contributed by atoms with Gasteiger partial charge >= 0.3 is 0 Å². The fourth-order valence-electron chi connectivity index (χ4n) is 22.2. The van der Waals surface area contributed by atoms with E-state index in [2.05, 4.69) is 549 Å². The van der Waals surface area contributed by atoms with Crippen molar-refractivity contribution < 1.29 is 0 Å². The normalized spacial score (nSPS) is 11.8. The highest BCUT2D eigenvalue weighted by atomic mass is 15.0. The van der Waals surface area contributed by atoms with E-state index >= 15 is 0 Å². The van der Waals surface area contributed by atoms with E-state index in [1.807, 2.05) is 0 Å². The summed E-state index contributed by atoms with van der Waals surface area (Å²) < 4.78 is 14.3. The SMILES string of the molecule is c1ccc(-n2c3ccccc3c3cc(-c4ccc(-c5ccc6c(c5)c5ccccc5n6-c5ccccc5)cc4)ccc32)cc1.c1ccc(-n2c3ccccc3c3cc(-c4ccc5c(c4)c4ccccc4n5-c4ccc5c6ccccc6c6ccccc6c5c4)ccc32)cc1.c1ccc(-n2c3ccccc3c3cc(-c4cccc(-c5ccc6c7ccccc7n(-c7ccccc7)c6c5)c4)ccc32)cc1. The number of fused-ring (bicyclic) bond motifs is 24. The summed E-state index contributed by atoms with van der Waals surface area (Å²) in [7, 11) is 0. The summed E-state index contributed by atoms with van der Waals surface area (Å²) in [6.45, 7) is 0. The predicted molar refractivity (Wildman–Crippen MR) is 585 cm³/mol. The number of para-hydroxylation sites is 11. The lowest BCUT2D eigenvalue weighted by Gasteiger charge is -2.14. The van der Waals surface area contributed by atoms with Gasteiger partial charge in [-0.15, -0.1) is 0 Å². The number of nitrogens with zero attached hydrogens (tertiary/aromatic N) is 6. The summed E-state index contributed by atoms with van der Waals surface area (Å²) in [4.78, 5) is 0. The molecule has 0 N–H and O–H groups in total. The number of rotatable bonds is 11. The molecule has 0 bridgehead atoms. The summed E-state index contributed by atoms with van der Waals surface area (Å²) in [6.07, 6.45) is 0. The standard InChI is InChI=1S/C48H30N2.2C42H28N2/c1-2-12-33(13-3-1)49-45-20-10-8-18-40(45)43-28-31(22-26-47(43)49)32-23-27-48-44(29-32)41-19-9-11-21-46(41)50(48)34-24-25-39-37-16-5-4-14-35(37)36-15-6-7-17-38(36)42(39)30-34;1-3-14-33(15-4-1)43-40-21-10-8-19-36(40)38-27-31(23-25-41(38)43)29-12-11-13-30(26-29)32-22-24-37-35-18-7-9-20-39(35)44(42(37)28-32)34-16-5-2-6-17-34;1-3-11-33(12-4-1)43-39-17-9-7-15-35(39)37-27-31(23-25-41(37)43)29-19-21-30(22-20-29)32-24-26-42-38(28-32)36-16-8-10-18-40(36)44(42)34-13-5-2-6-14-34/h1-30H;2*1-28H. The van der Waals surface area contributed by atoms with E-state index in [0.29, 0.717) is 0 Å². The Morgan fingerprint density at radius 3 is 0.572 bits per heavy atom. The Kier molecular flexibility index (Phi) is 18.9. The molecule has 0 fully saturated rings. The van der Waals surface area contributed by atoms with Gasteiger partial charge in [-0.2, -0.15) is 0 Å². The van der Waals surface area contributed by atoms with Crippen LogP contribution in [-0.2, 0) is 0 Å².